The van der Waals surface area contributed by atoms with Crippen molar-refractivity contribution in [2.75, 3.05) is 13.1 Å². The Labute approximate surface area is 166 Å². The number of aromatic nitrogens is 1. The van der Waals surface area contributed by atoms with Gasteiger partial charge in [-0.05, 0) is 54.4 Å². The quantitative estimate of drug-likeness (QED) is 0.693. The lowest BCUT2D eigenvalue weighted by atomic mass is 9.84. The predicted octanol–water partition coefficient (Wildman–Crippen LogP) is 4.98. The van der Waals surface area contributed by atoms with E-state index in [1.54, 1.807) is 0 Å². The molecule has 3 nitrogen and oxygen atoms in total. The van der Waals surface area contributed by atoms with Crippen LogP contribution >= 0.6 is 0 Å². The summed E-state index contributed by atoms with van der Waals surface area (Å²) < 4.78 is 0. The summed E-state index contributed by atoms with van der Waals surface area (Å²) in [6.07, 6.45) is 7.03. The first-order valence-corrected chi connectivity index (χ1v) is 10.4. The van der Waals surface area contributed by atoms with E-state index in [9.17, 15) is 4.79 Å². The van der Waals surface area contributed by atoms with Crippen LogP contribution in [0.5, 0.6) is 0 Å². The molecule has 0 bridgehead atoms. The average molecular weight is 370 g/mol. The van der Waals surface area contributed by atoms with Crippen LogP contribution in [-0.4, -0.2) is 28.9 Å². The smallest absolute Gasteiger partial charge is 0.223 e. The van der Waals surface area contributed by atoms with Crippen LogP contribution in [-0.2, 0) is 17.6 Å². The number of carbonyl (C=O) groups excluding carboxylic acids is 1. The maximum Gasteiger partial charge on any atom is 0.223 e. The summed E-state index contributed by atoms with van der Waals surface area (Å²) in [4.78, 5) is 18.5. The van der Waals surface area contributed by atoms with Crippen molar-refractivity contribution in [3.8, 4) is 0 Å². The fraction of sp³-hybridized carbons (Fsp3) is 0.320. The molecule has 28 heavy (non-hydrogen) atoms. The molecule has 0 fully saturated rings. The maximum atomic E-state index is 12.9. The van der Waals surface area contributed by atoms with Crippen molar-refractivity contribution < 1.29 is 4.79 Å². The molecule has 2 aromatic carbocycles. The van der Waals surface area contributed by atoms with Crippen LogP contribution in [0.2, 0.25) is 0 Å². The number of benzene rings is 2. The summed E-state index contributed by atoms with van der Waals surface area (Å²) in [6.45, 7) is 1.58. The number of nitrogens with zero attached hydrogens (tertiary/aromatic N) is 1. The van der Waals surface area contributed by atoms with Crippen molar-refractivity contribution in [3.63, 3.8) is 0 Å². The number of rotatable bonds is 3. The second-order valence-corrected chi connectivity index (χ2v) is 8.13. The minimum atomic E-state index is 0.316. The van der Waals surface area contributed by atoms with E-state index in [4.69, 9.17) is 0 Å². The topological polar surface area (TPSA) is 36.1 Å². The van der Waals surface area contributed by atoms with E-state index in [1.165, 1.54) is 33.3 Å². The molecule has 3 heteroatoms. The van der Waals surface area contributed by atoms with Gasteiger partial charge in [0.1, 0.15) is 0 Å². The third kappa shape index (κ3) is 3.26. The van der Waals surface area contributed by atoms with Gasteiger partial charge in [0.25, 0.3) is 0 Å². The van der Waals surface area contributed by atoms with Gasteiger partial charge >= 0.3 is 0 Å². The number of para-hydroxylation sites is 1. The van der Waals surface area contributed by atoms with Crippen molar-refractivity contribution >= 4 is 22.4 Å². The molecule has 3 aromatic rings. The summed E-state index contributed by atoms with van der Waals surface area (Å²) in [5.41, 5.74) is 6.69. The zero-order chi connectivity index (χ0) is 18.9. The van der Waals surface area contributed by atoms with E-state index in [0.29, 0.717) is 18.2 Å². The zero-order valence-corrected chi connectivity index (χ0v) is 16.2. The number of hydrogen-bond acceptors (Lipinski definition) is 1. The van der Waals surface area contributed by atoms with Crippen molar-refractivity contribution in [1.82, 2.24) is 9.88 Å². The molecule has 2 aliphatic rings. The van der Waals surface area contributed by atoms with Crippen molar-refractivity contribution in [2.24, 2.45) is 5.92 Å². The lowest BCUT2D eigenvalue weighted by Crippen LogP contribution is -2.36. The standard InChI is InChI=1S/C25H26N2O/c28-25(27-14-12-20(13-15-27)19-6-2-1-3-7-19)17-18-10-11-24-22(16-18)21-8-4-5-9-23(21)26-24/h1-9,12,18,26H,10-11,13-17H2. The molecule has 1 aliphatic heterocycles. The SMILES string of the molecule is O=C(CC1CCc2[nH]c3ccccc3c2C1)N1CC=C(c2ccccc2)CC1. The van der Waals surface area contributed by atoms with E-state index in [2.05, 4.69) is 59.6 Å². The second kappa shape index (κ2) is 7.31. The number of fused-ring (bicyclic) bond motifs is 3. The molecule has 1 amide bonds. The average Bonchev–Trinajstić information content (AvgIpc) is 3.12. The fourth-order valence-electron chi connectivity index (χ4n) is 4.80. The van der Waals surface area contributed by atoms with E-state index in [0.717, 1.165) is 38.8 Å². The van der Waals surface area contributed by atoms with Crippen LogP contribution in [0.15, 0.2) is 60.7 Å². The van der Waals surface area contributed by atoms with E-state index >= 15 is 0 Å². The monoisotopic (exact) mass is 370 g/mol. The molecule has 0 radical (unpaired) electrons. The van der Waals surface area contributed by atoms with Gasteiger partial charge in [0.2, 0.25) is 5.91 Å². The van der Waals surface area contributed by atoms with Crippen molar-refractivity contribution in [3.05, 3.63) is 77.5 Å². The number of aromatic amines is 1. The molecule has 1 unspecified atom stereocenters. The summed E-state index contributed by atoms with van der Waals surface area (Å²) in [5, 5.41) is 1.34. The van der Waals surface area contributed by atoms with Crippen LogP contribution in [0.1, 0.15) is 36.1 Å². The minimum absolute atomic E-state index is 0.316. The van der Waals surface area contributed by atoms with E-state index in [1.807, 2.05) is 11.0 Å². The molecule has 1 N–H and O–H groups in total. The second-order valence-electron chi connectivity index (χ2n) is 8.13. The summed E-state index contributed by atoms with van der Waals surface area (Å²) in [6, 6.07) is 19.1. The van der Waals surface area contributed by atoms with Gasteiger partial charge in [-0.2, -0.15) is 0 Å². The normalized spacial score (nSPS) is 19.4. The molecule has 0 saturated heterocycles. The van der Waals surface area contributed by atoms with Crippen molar-refractivity contribution in [2.45, 2.75) is 32.1 Å². The van der Waals surface area contributed by atoms with Gasteiger partial charge < -0.3 is 9.88 Å². The molecular formula is C25H26N2O. The summed E-state index contributed by atoms with van der Waals surface area (Å²) in [7, 11) is 0. The van der Waals surface area contributed by atoms with E-state index < -0.39 is 0 Å². The Morgan fingerprint density at radius 1 is 1.04 bits per heavy atom. The van der Waals surface area contributed by atoms with Gasteiger partial charge in [0, 0.05) is 36.1 Å². The molecular weight excluding hydrogens is 344 g/mol. The molecule has 1 atom stereocenters. The Kier molecular flexibility index (Phi) is 4.52. The van der Waals surface area contributed by atoms with Gasteiger partial charge in [0.15, 0.2) is 0 Å². The van der Waals surface area contributed by atoms with Gasteiger partial charge in [-0.1, -0.05) is 54.6 Å². The fourth-order valence-corrected chi connectivity index (χ4v) is 4.80. The van der Waals surface area contributed by atoms with Gasteiger partial charge in [0.05, 0.1) is 0 Å². The summed E-state index contributed by atoms with van der Waals surface area (Å²) in [5.74, 6) is 0.773. The number of H-pyrrole nitrogens is 1. The first-order valence-electron chi connectivity index (χ1n) is 10.4. The molecule has 5 rings (SSSR count). The molecule has 1 aromatic heterocycles. The molecule has 0 saturated carbocycles. The highest BCUT2D eigenvalue weighted by atomic mass is 16.2. The highest BCUT2D eigenvalue weighted by Crippen LogP contribution is 2.33. The maximum absolute atomic E-state index is 12.9. The van der Waals surface area contributed by atoms with Crippen LogP contribution in [0.3, 0.4) is 0 Å². The van der Waals surface area contributed by atoms with Crippen molar-refractivity contribution in [1.29, 1.82) is 0 Å². The number of carbonyl (C=O) groups is 1. The minimum Gasteiger partial charge on any atom is -0.358 e. The Morgan fingerprint density at radius 3 is 2.68 bits per heavy atom. The Morgan fingerprint density at radius 2 is 1.86 bits per heavy atom. The first kappa shape index (κ1) is 17.3. The number of amides is 1. The Balaban J connectivity index is 1.24. The van der Waals surface area contributed by atoms with Gasteiger partial charge in [-0.25, -0.2) is 0 Å². The molecule has 142 valence electrons. The lowest BCUT2D eigenvalue weighted by Gasteiger charge is -2.29. The first-order chi connectivity index (χ1) is 13.8. The Bertz CT molecular complexity index is 1030. The number of nitrogens with one attached hydrogen (secondary N) is 1. The highest BCUT2D eigenvalue weighted by Gasteiger charge is 2.26. The third-order valence-corrected chi connectivity index (χ3v) is 6.37. The van der Waals surface area contributed by atoms with Crippen LogP contribution in [0.4, 0.5) is 0 Å². The van der Waals surface area contributed by atoms with Gasteiger partial charge in [-0.3, -0.25) is 4.79 Å². The predicted molar refractivity (Wildman–Crippen MR) is 114 cm³/mol. The molecule has 2 heterocycles. The molecule has 1 aliphatic carbocycles. The van der Waals surface area contributed by atoms with Gasteiger partial charge in [-0.15, -0.1) is 0 Å². The Hall–Kier alpha value is -2.81. The zero-order valence-electron chi connectivity index (χ0n) is 16.2. The third-order valence-electron chi connectivity index (χ3n) is 6.37. The van der Waals surface area contributed by atoms with Crippen LogP contribution < -0.4 is 0 Å². The van der Waals surface area contributed by atoms with Crippen LogP contribution in [0.25, 0.3) is 16.5 Å². The highest BCUT2D eigenvalue weighted by molar-refractivity contribution is 5.85. The number of hydrogen-bond donors (Lipinski definition) is 1. The van der Waals surface area contributed by atoms with Crippen LogP contribution in [0, 0.1) is 5.92 Å². The summed E-state index contributed by atoms with van der Waals surface area (Å²) >= 11 is 0. The van der Waals surface area contributed by atoms with E-state index in [-0.39, 0.29) is 0 Å². The lowest BCUT2D eigenvalue weighted by molar-refractivity contribution is -0.131. The number of aryl methyl sites for hydroxylation is 1. The largest absolute Gasteiger partial charge is 0.358 e. The molecule has 0 spiro atoms.